The van der Waals surface area contributed by atoms with E-state index in [0.29, 0.717) is 31.6 Å². The Bertz CT molecular complexity index is 2150. The Morgan fingerprint density at radius 3 is 1.15 bits per heavy atom. The maximum atomic E-state index is 13.1. The zero-order chi connectivity index (χ0) is 67.7. The number of carbonyl (C=O) groups excluding carboxylic acids is 4. The van der Waals surface area contributed by atoms with Crippen molar-refractivity contribution in [1.82, 2.24) is 0 Å². The summed E-state index contributed by atoms with van der Waals surface area (Å²) >= 11 is 0. The molecule has 3 N–H and O–H groups in total. The lowest BCUT2D eigenvalue weighted by atomic mass is 10.1. The first-order chi connectivity index (χ1) is 44.6. The van der Waals surface area contributed by atoms with Gasteiger partial charge in [-0.05, 0) is 128 Å². The molecule has 6 unspecified atom stereocenters. The van der Waals surface area contributed by atoms with Crippen LogP contribution < -0.4 is 0 Å². The van der Waals surface area contributed by atoms with E-state index in [9.17, 15) is 43.2 Å². The third-order valence-electron chi connectivity index (χ3n) is 14.7. The van der Waals surface area contributed by atoms with E-state index in [1.54, 1.807) is 0 Å². The predicted molar refractivity (Wildman–Crippen MR) is 372 cm³/mol. The molecule has 0 aromatic rings. The number of ether oxygens (including phenoxy) is 5. The molecule has 6 atom stereocenters. The summed E-state index contributed by atoms with van der Waals surface area (Å²) in [4.78, 5) is 72.6. The predicted octanol–water partition coefficient (Wildman–Crippen LogP) is 19.5. The molecular weight excluding hydrogens is 1210 g/mol. The van der Waals surface area contributed by atoms with E-state index >= 15 is 0 Å². The molecule has 0 radical (unpaired) electrons. The van der Waals surface area contributed by atoms with Crippen LogP contribution in [0.3, 0.4) is 0 Å². The summed E-state index contributed by atoms with van der Waals surface area (Å²) in [5, 5.41) is 10.6. The van der Waals surface area contributed by atoms with Crippen molar-refractivity contribution in [3.8, 4) is 0 Å². The smallest absolute Gasteiger partial charge is 0.462 e. The van der Waals surface area contributed by atoms with Gasteiger partial charge in [-0.3, -0.25) is 32.8 Å². The molecular formula is C73H126O17P2. The van der Waals surface area contributed by atoms with Crippen LogP contribution in [0.5, 0.6) is 0 Å². The van der Waals surface area contributed by atoms with Gasteiger partial charge in [0, 0.05) is 25.7 Å². The Hall–Kier alpha value is -4.02. The summed E-state index contributed by atoms with van der Waals surface area (Å²) in [6, 6.07) is 0. The molecule has 0 bridgehead atoms. The maximum absolute atomic E-state index is 13.1. The zero-order valence-electron chi connectivity index (χ0n) is 57.6. The van der Waals surface area contributed by atoms with E-state index in [0.717, 1.165) is 154 Å². The first-order valence-corrected chi connectivity index (χ1v) is 38.6. The van der Waals surface area contributed by atoms with Gasteiger partial charge < -0.3 is 43.1 Å². The average molecular weight is 1340 g/mol. The van der Waals surface area contributed by atoms with Crippen LogP contribution >= 0.6 is 15.4 Å². The number of rotatable bonds is 65. The minimum Gasteiger partial charge on any atom is -0.462 e. The number of aliphatic hydroxyl groups excluding tert-OH is 1. The number of hydrogen-bond acceptors (Lipinski definition) is 15. The van der Waals surface area contributed by atoms with Crippen molar-refractivity contribution >= 4 is 39.3 Å². The Morgan fingerprint density at radius 2 is 0.739 bits per heavy atom. The van der Waals surface area contributed by atoms with Gasteiger partial charge in [0.2, 0.25) is 6.29 Å². The van der Waals surface area contributed by atoms with Crippen molar-refractivity contribution in [1.29, 1.82) is 0 Å². The molecule has 0 fully saturated rings. The Labute approximate surface area is 556 Å². The van der Waals surface area contributed by atoms with Crippen molar-refractivity contribution in [3.63, 3.8) is 0 Å². The number of phosphoric acid groups is 1. The number of carbonyl (C=O) groups is 4. The van der Waals surface area contributed by atoms with E-state index in [4.69, 9.17) is 37.3 Å². The van der Waals surface area contributed by atoms with Crippen LogP contribution in [0.4, 0.5) is 0 Å². The summed E-state index contributed by atoms with van der Waals surface area (Å²) in [5.41, 5.74) is 0. The van der Waals surface area contributed by atoms with Gasteiger partial charge in [-0.25, -0.2) is 4.57 Å². The monoisotopic (exact) mass is 1340 g/mol. The molecule has 0 amide bonds. The highest BCUT2D eigenvalue weighted by Crippen LogP contribution is 2.45. The van der Waals surface area contributed by atoms with Gasteiger partial charge >= 0.3 is 39.3 Å². The summed E-state index contributed by atoms with van der Waals surface area (Å²) in [5.74, 6) is -1.75. The van der Waals surface area contributed by atoms with Gasteiger partial charge in [0.1, 0.15) is 12.7 Å². The van der Waals surface area contributed by atoms with Crippen molar-refractivity contribution in [3.05, 3.63) is 97.2 Å². The maximum Gasteiger partial charge on any atom is 0.472 e. The van der Waals surface area contributed by atoms with Crippen molar-refractivity contribution < 1.29 is 80.5 Å². The third kappa shape index (κ3) is 63.4. The molecule has 0 aromatic heterocycles. The molecule has 0 heterocycles. The van der Waals surface area contributed by atoms with Crippen molar-refractivity contribution in [2.45, 2.75) is 297 Å². The van der Waals surface area contributed by atoms with Crippen LogP contribution in [-0.4, -0.2) is 96.7 Å². The second-order valence-corrected chi connectivity index (χ2v) is 26.9. The normalized spacial score (nSPS) is 15.0. The SMILES string of the molecule is CCCC/C=C/C/C=C/CCCCCCC(=O)OCC(COP(=O)(O)OCC(O)COP(=O)(O)COC(COC(=O)CCCCCC/C=C\C/C=C/C(C)CC)OC(=O)CCCCCC/C=C/C/C=C/CCCC)OC(=O)CCCCCC/C=C/C/C=C/CCCC. The van der Waals surface area contributed by atoms with Crippen LogP contribution in [0.25, 0.3) is 0 Å². The third-order valence-corrected chi connectivity index (χ3v) is 16.6. The highest BCUT2D eigenvalue weighted by Gasteiger charge is 2.30. The first kappa shape index (κ1) is 88.0. The van der Waals surface area contributed by atoms with E-state index in [2.05, 4.69) is 132 Å². The number of allylic oxidation sites excluding steroid dienone is 16. The summed E-state index contributed by atoms with van der Waals surface area (Å²) in [7, 11) is -9.67. The molecule has 92 heavy (non-hydrogen) atoms. The average Bonchev–Trinajstić information content (AvgIpc) is 2.11. The van der Waals surface area contributed by atoms with Crippen LogP contribution in [-0.2, 0) is 65.6 Å². The standard InChI is InChI=1S/C73H126O17P2/c1-6-10-13-16-19-22-25-28-31-36-41-46-51-56-69(75)83-62-68(89-71(77)58-53-48-43-37-32-29-26-23-20-17-14-11-7-2)63-88-92(81,82)87-61-67(74)60-86-91(79,80)65-85-73(90-72(78)59-54-49-44-38-33-30-27-24-21-18-15-12-8-3)64-84-70(76)57-52-47-42-39-34-35-40-45-50-55-66(5)9-4/h16-21,25-30,35,40,50,55,66-68,73-74H,6-15,22-24,31-34,36-39,41-49,51-54,56-65H2,1-5H3,(H,79,80)(H,81,82)/b19-16+,20-17+,21-18+,28-25+,29-26+,30-27+,40-35-,55-50+. The summed E-state index contributed by atoms with van der Waals surface area (Å²) in [6.45, 7) is 7.44. The molecule has 0 spiro atoms. The van der Waals surface area contributed by atoms with E-state index in [1.807, 2.05) is 0 Å². The second-order valence-electron chi connectivity index (χ2n) is 23.6. The number of hydrogen-bond donors (Lipinski definition) is 3. The molecule has 0 saturated heterocycles. The lowest BCUT2D eigenvalue weighted by molar-refractivity contribution is -0.191. The summed E-state index contributed by atoms with van der Waals surface area (Å²) < 4.78 is 68.6. The highest BCUT2D eigenvalue weighted by atomic mass is 31.2. The fraction of sp³-hybridized carbons (Fsp3) is 0.726. The molecule has 0 aliphatic heterocycles. The van der Waals surface area contributed by atoms with Crippen LogP contribution in [0.2, 0.25) is 0 Å². The Balaban J connectivity index is 5.40. The van der Waals surface area contributed by atoms with Gasteiger partial charge in [0.25, 0.3) is 0 Å². The molecule has 0 saturated carbocycles. The Kier molecular flexibility index (Phi) is 61.5. The van der Waals surface area contributed by atoms with E-state index < -0.39 is 97.2 Å². The molecule has 19 heteroatoms. The fourth-order valence-corrected chi connectivity index (χ4v) is 10.4. The molecule has 0 aliphatic carbocycles. The largest absolute Gasteiger partial charge is 0.472 e. The topological polar surface area (TPSA) is 237 Å². The van der Waals surface area contributed by atoms with Crippen LogP contribution in [0, 0.1) is 5.92 Å². The lowest BCUT2D eigenvalue weighted by Gasteiger charge is -2.22. The molecule has 0 rings (SSSR count). The lowest BCUT2D eigenvalue weighted by Crippen LogP contribution is -2.30. The molecule has 17 nitrogen and oxygen atoms in total. The van der Waals surface area contributed by atoms with Gasteiger partial charge in [0.15, 0.2) is 19.1 Å². The van der Waals surface area contributed by atoms with Gasteiger partial charge in [0.05, 0.1) is 19.8 Å². The van der Waals surface area contributed by atoms with Crippen LogP contribution in [0.1, 0.15) is 279 Å². The van der Waals surface area contributed by atoms with E-state index in [-0.39, 0.29) is 25.7 Å². The minimum atomic E-state index is -4.97. The first-order valence-electron chi connectivity index (χ1n) is 35.4. The number of unbranched alkanes of at least 4 members (excludes halogenated alkanes) is 22. The van der Waals surface area contributed by atoms with E-state index in [1.165, 1.54) is 38.5 Å². The zero-order valence-corrected chi connectivity index (χ0v) is 59.4. The van der Waals surface area contributed by atoms with Crippen LogP contribution in [0.15, 0.2) is 97.2 Å². The van der Waals surface area contributed by atoms with Gasteiger partial charge in [-0.15, -0.1) is 0 Å². The number of esters is 4. The van der Waals surface area contributed by atoms with Gasteiger partial charge in [-0.1, -0.05) is 228 Å². The second kappa shape index (κ2) is 64.3. The summed E-state index contributed by atoms with van der Waals surface area (Å²) in [6.07, 6.45) is 61.8. The highest BCUT2D eigenvalue weighted by molar-refractivity contribution is 7.52. The fourth-order valence-electron chi connectivity index (χ4n) is 8.80. The minimum absolute atomic E-state index is 0.0427. The quantitative estimate of drug-likeness (QED) is 0.0128. The van der Waals surface area contributed by atoms with Crippen molar-refractivity contribution in [2.75, 3.05) is 39.4 Å². The van der Waals surface area contributed by atoms with Crippen molar-refractivity contribution in [2.24, 2.45) is 5.92 Å². The van der Waals surface area contributed by atoms with Gasteiger partial charge in [-0.2, -0.15) is 0 Å². The molecule has 0 aromatic carbocycles. The Morgan fingerprint density at radius 1 is 0.391 bits per heavy atom. The molecule has 0 aliphatic rings. The number of phosphoric ester groups is 1. The molecule has 530 valence electrons. The number of aliphatic hydroxyl groups is 1.